The Kier molecular flexibility index (Phi) is 6.21. The number of benzene rings is 1. The highest BCUT2D eigenvalue weighted by Gasteiger charge is 2.08. The Hall–Kier alpha value is -2.87. The zero-order valence-corrected chi connectivity index (χ0v) is 15.1. The van der Waals surface area contributed by atoms with Gasteiger partial charge in [0.25, 0.3) is 0 Å². The first kappa shape index (κ1) is 17.9. The summed E-state index contributed by atoms with van der Waals surface area (Å²) in [7, 11) is 1.64. The van der Waals surface area contributed by atoms with Gasteiger partial charge in [-0.3, -0.25) is 4.79 Å². The van der Waals surface area contributed by atoms with Crippen molar-refractivity contribution < 1.29 is 9.53 Å². The molecule has 2 aromatic heterocycles. The predicted molar refractivity (Wildman–Crippen MR) is 99.3 cm³/mol. The van der Waals surface area contributed by atoms with Crippen LogP contribution in [0.4, 0.5) is 0 Å². The van der Waals surface area contributed by atoms with Crippen LogP contribution in [0.5, 0.6) is 5.75 Å². The maximum Gasteiger partial charge on any atom is 0.221 e. The van der Waals surface area contributed by atoms with Crippen LogP contribution < -0.4 is 10.1 Å². The normalized spacial score (nSPS) is 10.5. The van der Waals surface area contributed by atoms with Gasteiger partial charge in [0.2, 0.25) is 5.91 Å². The minimum Gasteiger partial charge on any atom is -0.497 e. The Morgan fingerprint density at radius 3 is 2.85 bits per heavy atom. The number of nitrogens with one attached hydrogen (secondary N) is 1. The lowest BCUT2D eigenvalue weighted by Crippen LogP contribution is -2.24. The number of thioether (sulfide) groups is 1. The quantitative estimate of drug-likeness (QED) is 0.614. The number of ether oxygens (including phenoxy) is 1. The monoisotopic (exact) mass is 369 g/mol. The van der Waals surface area contributed by atoms with Gasteiger partial charge in [-0.15, -0.1) is 11.8 Å². The Morgan fingerprint density at radius 2 is 2.12 bits per heavy atom. The molecule has 0 aliphatic rings. The maximum atomic E-state index is 12.1. The summed E-state index contributed by atoms with van der Waals surface area (Å²) in [6.07, 6.45) is 5.16. The molecule has 0 atom stereocenters. The van der Waals surface area contributed by atoms with Gasteiger partial charge < -0.3 is 10.1 Å². The third-order valence-corrected chi connectivity index (χ3v) is 4.65. The molecule has 134 valence electrons. The van der Waals surface area contributed by atoms with Gasteiger partial charge >= 0.3 is 0 Å². The van der Waals surface area contributed by atoms with Crippen molar-refractivity contribution in [2.24, 2.45) is 0 Å². The second kappa shape index (κ2) is 9.00. The summed E-state index contributed by atoms with van der Waals surface area (Å²) in [5, 5.41) is 7.02. The molecule has 0 aliphatic carbocycles. The van der Waals surface area contributed by atoms with Gasteiger partial charge in [0, 0.05) is 35.4 Å². The SMILES string of the molecule is COc1ccc(SCCC(=O)NCc2cccnc2-n2cncn2)cc1. The minimum absolute atomic E-state index is 0.000551. The number of pyridine rings is 1. The highest BCUT2D eigenvalue weighted by molar-refractivity contribution is 7.99. The van der Waals surface area contributed by atoms with E-state index in [9.17, 15) is 4.79 Å². The van der Waals surface area contributed by atoms with Crippen molar-refractivity contribution in [3.8, 4) is 11.6 Å². The molecule has 0 unspecified atom stereocenters. The second-order valence-corrected chi connectivity index (χ2v) is 6.55. The first-order valence-corrected chi connectivity index (χ1v) is 9.07. The Labute approximate surface area is 155 Å². The van der Waals surface area contributed by atoms with Crippen LogP contribution >= 0.6 is 11.8 Å². The molecular formula is C18H19N5O2S. The molecule has 0 aliphatic heterocycles. The van der Waals surface area contributed by atoms with Gasteiger partial charge in [0.1, 0.15) is 18.4 Å². The molecule has 0 bridgehead atoms. The third kappa shape index (κ3) is 4.82. The van der Waals surface area contributed by atoms with E-state index in [0.29, 0.717) is 24.5 Å². The average molecular weight is 369 g/mol. The van der Waals surface area contributed by atoms with E-state index in [-0.39, 0.29) is 5.91 Å². The van der Waals surface area contributed by atoms with Crippen molar-refractivity contribution in [2.45, 2.75) is 17.9 Å². The Bertz CT molecular complexity index is 837. The van der Waals surface area contributed by atoms with Crippen molar-refractivity contribution in [1.82, 2.24) is 25.1 Å². The molecule has 1 N–H and O–H groups in total. The van der Waals surface area contributed by atoms with Gasteiger partial charge in [-0.2, -0.15) is 5.10 Å². The van der Waals surface area contributed by atoms with Gasteiger partial charge in [-0.1, -0.05) is 6.07 Å². The Morgan fingerprint density at radius 1 is 1.27 bits per heavy atom. The van der Waals surface area contributed by atoms with Gasteiger partial charge in [0.15, 0.2) is 5.82 Å². The van der Waals surface area contributed by atoms with Crippen LogP contribution in [0.1, 0.15) is 12.0 Å². The fraction of sp³-hybridized carbons (Fsp3) is 0.222. The summed E-state index contributed by atoms with van der Waals surface area (Å²) in [5.74, 6) is 2.20. The molecule has 0 saturated carbocycles. The summed E-state index contributed by atoms with van der Waals surface area (Å²) in [5.41, 5.74) is 0.883. The highest BCUT2D eigenvalue weighted by Crippen LogP contribution is 2.21. The lowest BCUT2D eigenvalue weighted by Gasteiger charge is -2.09. The van der Waals surface area contributed by atoms with E-state index in [4.69, 9.17) is 4.74 Å². The molecule has 8 heteroatoms. The maximum absolute atomic E-state index is 12.1. The van der Waals surface area contributed by atoms with Crippen molar-refractivity contribution in [2.75, 3.05) is 12.9 Å². The third-order valence-electron chi connectivity index (χ3n) is 3.64. The number of hydrogen-bond donors (Lipinski definition) is 1. The van der Waals surface area contributed by atoms with E-state index >= 15 is 0 Å². The number of hydrogen-bond acceptors (Lipinski definition) is 6. The minimum atomic E-state index is -0.000551. The molecular weight excluding hydrogens is 350 g/mol. The second-order valence-electron chi connectivity index (χ2n) is 5.38. The number of rotatable bonds is 8. The molecule has 2 heterocycles. The van der Waals surface area contributed by atoms with Crippen LogP contribution in [0, 0.1) is 0 Å². The number of nitrogens with zero attached hydrogens (tertiary/aromatic N) is 4. The molecule has 0 fully saturated rings. The van der Waals surface area contributed by atoms with Crippen LogP contribution in [0.3, 0.4) is 0 Å². The molecule has 3 rings (SSSR count). The summed E-state index contributed by atoms with van der Waals surface area (Å²) < 4.78 is 6.72. The van der Waals surface area contributed by atoms with Crippen LogP contribution in [0.2, 0.25) is 0 Å². The summed E-state index contributed by atoms with van der Waals surface area (Å²) >= 11 is 1.64. The first-order chi connectivity index (χ1) is 12.8. The summed E-state index contributed by atoms with van der Waals surface area (Å²) in [6.45, 7) is 0.398. The first-order valence-electron chi connectivity index (χ1n) is 8.08. The zero-order valence-electron chi connectivity index (χ0n) is 14.3. The van der Waals surface area contributed by atoms with E-state index in [1.807, 2.05) is 36.4 Å². The van der Waals surface area contributed by atoms with Gasteiger partial charge in [-0.05, 0) is 30.3 Å². The van der Waals surface area contributed by atoms with Crippen molar-refractivity contribution in [1.29, 1.82) is 0 Å². The van der Waals surface area contributed by atoms with E-state index in [0.717, 1.165) is 16.2 Å². The van der Waals surface area contributed by atoms with Crippen LogP contribution in [0.25, 0.3) is 5.82 Å². The van der Waals surface area contributed by atoms with Crippen LogP contribution in [0.15, 0.2) is 60.1 Å². The van der Waals surface area contributed by atoms with Crippen molar-refractivity contribution in [3.63, 3.8) is 0 Å². The lowest BCUT2D eigenvalue weighted by atomic mass is 10.2. The van der Waals surface area contributed by atoms with Gasteiger partial charge in [-0.25, -0.2) is 14.6 Å². The van der Waals surface area contributed by atoms with E-state index < -0.39 is 0 Å². The summed E-state index contributed by atoms with van der Waals surface area (Å²) in [6, 6.07) is 11.5. The molecule has 7 nitrogen and oxygen atoms in total. The fourth-order valence-electron chi connectivity index (χ4n) is 2.31. The highest BCUT2D eigenvalue weighted by atomic mass is 32.2. The van der Waals surface area contributed by atoms with E-state index in [1.165, 1.54) is 6.33 Å². The molecule has 1 amide bonds. The molecule has 1 aromatic carbocycles. The smallest absolute Gasteiger partial charge is 0.221 e. The molecule has 0 radical (unpaired) electrons. The van der Waals surface area contributed by atoms with Crippen LogP contribution in [-0.4, -0.2) is 38.5 Å². The topological polar surface area (TPSA) is 81.9 Å². The standard InChI is InChI=1S/C18H19N5O2S/c1-25-15-4-6-16(7-5-15)26-10-8-17(24)21-11-14-3-2-9-20-18(14)23-13-19-12-22-23/h2-7,9,12-13H,8,10-11H2,1H3,(H,21,24). The fourth-order valence-corrected chi connectivity index (χ4v) is 3.16. The molecule has 26 heavy (non-hydrogen) atoms. The number of amides is 1. The number of carbonyl (C=O) groups excluding carboxylic acids is 1. The zero-order chi connectivity index (χ0) is 18.2. The van der Waals surface area contributed by atoms with E-state index in [2.05, 4.69) is 20.4 Å². The van der Waals surface area contributed by atoms with Crippen molar-refractivity contribution >= 4 is 17.7 Å². The Balaban J connectivity index is 1.47. The summed E-state index contributed by atoms with van der Waals surface area (Å²) in [4.78, 5) is 21.5. The van der Waals surface area contributed by atoms with Crippen LogP contribution in [-0.2, 0) is 11.3 Å². The number of carbonyl (C=O) groups is 1. The van der Waals surface area contributed by atoms with Gasteiger partial charge in [0.05, 0.1) is 7.11 Å². The van der Waals surface area contributed by atoms with E-state index in [1.54, 1.807) is 36.1 Å². The average Bonchev–Trinajstić information content (AvgIpc) is 3.22. The number of aromatic nitrogens is 4. The predicted octanol–water partition coefficient (Wildman–Crippen LogP) is 2.47. The van der Waals surface area contributed by atoms with Crippen molar-refractivity contribution in [3.05, 3.63) is 60.8 Å². The molecule has 0 spiro atoms. The largest absolute Gasteiger partial charge is 0.497 e. The molecule has 3 aromatic rings. The number of methoxy groups -OCH3 is 1. The molecule has 0 saturated heterocycles. The lowest BCUT2D eigenvalue weighted by molar-refractivity contribution is -0.120.